The number of rotatable bonds is 4. The van der Waals surface area contributed by atoms with Crippen molar-refractivity contribution in [2.24, 2.45) is 17.6 Å². The SMILES string of the molecule is CCN(C)C(=O)CNC(=O)C1CCC(C)C(N)C1. The standard InChI is InChI=1S/C13H25N3O2/c1-4-16(3)12(17)8-15-13(18)10-6-5-9(2)11(14)7-10/h9-11H,4-8,14H2,1-3H3,(H,15,18). The van der Waals surface area contributed by atoms with Gasteiger partial charge in [0.15, 0.2) is 0 Å². The van der Waals surface area contributed by atoms with Gasteiger partial charge in [-0.2, -0.15) is 0 Å². The van der Waals surface area contributed by atoms with E-state index in [2.05, 4.69) is 12.2 Å². The third kappa shape index (κ3) is 3.98. The average Bonchev–Trinajstić information content (AvgIpc) is 2.37. The van der Waals surface area contributed by atoms with Crippen molar-refractivity contribution in [1.82, 2.24) is 10.2 Å². The van der Waals surface area contributed by atoms with Gasteiger partial charge in [0.25, 0.3) is 0 Å². The highest BCUT2D eigenvalue weighted by Crippen LogP contribution is 2.27. The maximum Gasteiger partial charge on any atom is 0.241 e. The van der Waals surface area contributed by atoms with Crippen LogP contribution >= 0.6 is 0 Å². The largest absolute Gasteiger partial charge is 0.347 e. The van der Waals surface area contributed by atoms with Gasteiger partial charge in [-0.1, -0.05) is 6.92 Å². The zero-order valence-electron chi connectivity index (χ0n) is 11.6. The van der Waals surface area contributed by atoms with E-state index in [0.29, 0.717) is 12.5 Å². The van der Waals surface area contributed by atoms with Crippen LogP contribution in [0.3, 0.4) is 0 Å². The van der Waals surface area contributed by atoms with Crippen molar-refractivity contribution in [1.29, 1.82) is 0 Å². The second-order valence-corrected chi connectivity index (χ2v) is 5.28. The second kappa shape index (κ2) is 6.73. The molecule has 1 rings (SSSR count). The van der Waals surface area contributed by atoms with Gasteiger partial charge in [-0.25, -0.2) is 0 Å². The van der Waals surface area contributed by atoms with Gasteiger partial charge in [0, 0.05) is 25.6 Å². The molecule has 3 atom stereocenters. The number of hydrogen-bond donors (Lipinski definition) is 2. The van der Waals surface area contributed by atoms with Gasteiger partial charge in [-0.05, 0) is 32.1 Å². The lowest BCUT2D eigenvalue weighted by Crippen LogP contribution is -2.44. The summed E-state index contributed by atoms with van der Waals surface area (Å²) in [7, 11) is 1.73. The fourth-order valence-corrected chi connectivity index (χ4v) is 2.21. The van der Waals surface area contributed by atoms with E-state index in [-0.39, 0.29) is 30.3 Å². The summed E-state index contributed by atoms with van der Waals surface area (Å²) in [6.07, 6.45) is 2.59. The highest BCUT2D eigenvalue weighted by Gasteiger charge is 2.29. The highest BCUT2D eigenvalue weighted by atomic mass is 16.2. The summed E-state index contributed by atoms with van der Waals surface area (Å²) in [5.74, 6) is 0.368. The summed E-state index contributed by atoms with van der Waals surface area (Å²) in [6, 6.07) is 0.100. The fourth-order valence-electron chi connectivity index (χ4n) is 2.21. The topological polar surface area (TPSA) is 75.4 Å². The zero-order valence-corrected chi connectivity index (χ0v) is 11.6. The van der Waals surface area contributed by atoms with Crippen LogP contribution in [0.5, 0.6) is 0 Å². The molecule has 0 spiro atoms. The Bertz CT molecular complexity index is 307. The smallest absolute Gasteiger partial charge is 0.241 e. The van der Waals surface area contributed by atoms with Crippen molar-refractivity contribution in [3.63, 3.8) is 0 Å². The number of nitrogens with one attached hydrogen (secondary N) is 1. The first kappa shape index (κ1) is 15.0. The zero-order chi connectivity index (χ0) is 13.7. The lowest BCUT2D eigenvalue weighted by Gasteiger charge is -2.31. The second-order valence-electron chi connectivity index (χ2n) is 5.28. The summed E-state index contributed by atoms with van der Waals surface area (Å²) in [5, 5.41) is 2.72. The maximum atomic E-state index is 11.9. The van der Waals surface area contributed by atoms with Crippen LogP contribution in [0.25, 0.3) is 0 Å². The Kier molecular flexibility index (Phi) is 5.59. The molecular weight excluding hydrogens is 230 g/mol. The van der Waals surface area contributed by atoms with Gasteiger partial charge in [0.1, 0.15) is 0 Å². The van der Waals surface area contributed by atoms with Crippen LogP contribution in [0.2, 0.25) is 0 Å². The van der Waals surface area contributed by atoms with Crippen LogP contribution in [-0.2, 0) is 9.59 Å². The molecule has 1 aliphatic carbocycles. The number of carbonyl (C=O) groups excluding carboxylic acids is 2. The van der Waals surface area contributed by atoms with Crippen molar-refractivity contribution in [2.45, 2.75) is 39.2 Å². The summed E-state index contributed by atoms with van der Waals surface area (Å²) >= 11 is 0. The quantitative estimate of drug-likeness (QED) is 0.761. The molecule has 0 aliphatic heterocycles. The number of amides is 2. The molecule has 3 unspecified atom stereocenters. The molecule has 5 nitrogen and oxygen atoms in total. The molecule has 18 heavy (non-hydrogen) atoms. The minimum atomic E-state index is -0.0562. The highest BCUT2D eigenvalue weighted by molar-refractivity contribution is 5.85. The van der Waals surface area contributed by atoms with E-state index < -0.39 is 0 Å². The first-order valence-corrected chi connectivity index (χ1v) is 6.73. The van der Waals surface area contributed by atoms with Gasteiger partial charge in [0.05, 0.1) is 6.54 Å². The number of nitrogens with zero attached hydrogens (tertiary/aromatic N) is 1. The predicted octanol–water partition coefficient (Wildman–Crippen LogP) is 0.344. The van der Waals surface area contributed by atoms with Gasteiger partial charge in [-0.3, -0.25) is 9.59 Å². The van der Waals surface area contributed by atoms with Crippen LogP contribution in [0.15, 0.2) is 0 Å². The summed E-state index contributed by atoms with van der Waals surface area (Å²) in [4.78, 5) is 25.1. The third-order valence-corrected chi connectivity index (χ3v) is 3.94. The Morgan fingerprint density at radius 1 is 1.39 bits per heavy atom. The van der Waals surface area contributed by atoms with E-state index in [0.717, 1.165) is 19.3 Å². The van der Waals surface area contributed by atoms with E-state index in [1.54, 1.807) is 11.9 Å². The first-order chi connectivity index (χ1) is 8.45. The molecule has 5 heteroatoms. The van der Waals surface area contributed by atoms with Gasteiger partial charge < -0.3 is 16.0 Å². The van der Waals surface area contributed by atoms with Crippen molar-refractivity contribution < 1.29 is 9.59 Å². The minimum Gasteiger partial charge on any atom is -0.347 e. The number of hydrogen-bond acceptors (Lipinski definition) is 3. The van der Waals surface area contributed by atoms with Crippen LogP contribution in [0, 0.1) is 11.8 Å². The van der Waals surface area contributed by atoms with E-state index in [1.807, 2.05) is 6.92 Å². The molecule has 104 valence electrons. The third-order valence-electron chi connectivity index (χ3n) is 3.94. The van der Waals surface area contributed by atoms with Crippen molar-refractivity contribution >= 4 is 11.8 Å². The molecule has 3 N–H and O–H groups in total. The molecule has 1 saturated carbocycles. The maximum absolute atomic E-state index is 11.9. The molecule has 0 heterocycles. The van der Waals surface area contributed by atoms with Crippen molar-refractivity contribution in [3.8, 4) is 0 Å². The fraction of sp³-hybridized carbons (Fsp3) is 0.846. The molecule has 0 bridgehead atoms. The Morgan fingerprint density at radius 2 is 2.06 bits per heavy atom. The van der Waals surface area contributed by atoms with E-state index >= 15 is 0 Å². The van der Waals surface area contributed by atoms with Crippen molar-refractivity contribution in [3.05, 3.63) is 0 Å². The molecular formula is C13H25N3O2. The van der Waals surface area contributed by atoms with Crippen LogP contribution < -0.4 is 11.1 Å². The molecule has 0 aromatic rings. The predicted molar refractivity (Wildman–Crippen MR) is 70.8 cm³/mol. The molecule has 0 aromatic carbocycles. The normalized spacial score (nSPS) is 27.7. The van der Waals surface area contributed by atoms with Crippen molar-refractivity contribution in [2.75, 3.05) is 20.1 Å². The van der Waals surface area contributed by atoms with Crippen LogP contribution in [-0.4, -0.2) is 42.9 Å². The lowest BCUT2D eigenvalue weighted by atomic mass is 9.79. The number of likely N-dealkylation sites (N-methyl/N-ethyl adjacent to an activating group) is 1. The lowest BCUT2D eigenvalue weighted by molar-refractivity contribution is -0.133. The van der Waals surface area contributed by atoms with Gasteiger partial charge in [0.2, 0.25) is 11.8 Å². The van der Waals surface area contributed by atoms with Crippen LogP contribution in [0.4, 0.5) is 0 Å². The summed E-state index contributed by atoms with van der Waals surface area (Å²) < 4.78 is 0. The average molecular weight is 255 g/mol. The number of nitrogens with two attached hydrogens (primary N) is 1. The van der Waals surface area contributed by atoms with E-state index in [9.17, 15) is 9.59 Å². The van der Waals surface area contributed by atoms with E-state index in [1.165, 1.54) is 0 Å². The summed E-state index contributed by atoms with van der Waals surface area (Å²) in [6.45, 7) is 4.77. The molecule has 1 fully saturated rings. The minimum absolute atomic E-state index is 0.0315. The van der Waals surface area contributed by atoms with Gasteiger partial charge in [-0.15, -0.1) is 0 Å². The number of carbonyl (C=O) groups is 2. The van der Waals surface area contributed by atoms with Gasteiger partial charge >= 0.3 is 0 Å². The Balaban J connectivity index is 2.35. The summed E-state index contributed by atoms with van der Waals surface area (Å²) in [5.41, 5.74) is 5.98. The molecule has 0 aromatic heterocycles. The Hall–Kier alpha value is -1.10. The Labute approximate surface area is 109 Å². The van der Waals surface area contributed by atoms with E-state index in [4.69, 9.17) is 5.73 Å². The monoisotopic (exact) mass is 255 g/mol. The Morgan fingerprint density at radius 3 is 2.61 bits per heavy atom. The molecule has 2 amide bonds. The first-order valence-electron chi connectivity index (χ1n) is 6.73. The molecule has 0 radical (unpaired) electrons. The molecule has 1 aliphatic rings. The van der Waals surface area contributed by atoms with Crippen LogP contribution in [0.1, 0.15) is 33.1 Å². The molecule has 0 saturated heterocycles.